The fourth-order valence-corrected chi connectivity index (χ4v) is 2.89. The van der Waals surface area contributed by atoms with Crippen LogP contribution in [0.1, 0.15) is 5.56 Å². The molecule has 1 N–H and O–H groups in total. The maximum Gasteiger partial charge on any atom is 0.414 e. The molecule has 1 atom stereocenters. The Morgan fingerprint density at radius 2 is 1.89 bits per heavy atom. The van der Waals surface area contributed by atoms with Crippen molar-refractivity contribution in [2.75, 3.05) is 31.2 Å². The van der Waals surface area contributed by atoms with Crippen LogP contribution in [-0.2, 0) is 9.53 Å². The number of carbonyl (C=O) groups is 2. The van der Waals surface area contributed by atoms with Crippen molar-refractivity contribution in [3.8, 4) is 23.3 Å². The number of cyclic esters (lactones) is 1. The van der Waals surface area contributed by atoms with Crippen molar-refractivity contribution >= 4 is 17.7 Å². The highest BCUT2D eigenvalue weighted by molar-refractivity contribution is 5.89. The predicted molar refractivity (Wildman–Crippen MR) is 101 cm³/mol. The lowest BCUT2D eigenvalue weighted by molar-refractivity contribution is -0.130. The summed E-state index contributed by atoms with van der Waals surface area (Å²) in [5.74, 6) is 6.80. The first-order chi connectivity index (χ1) is 13.7. The Labute approximate surface area is 162 Å². The van der Waals surface area contributed by atoms with Crippen molar-refractivity contribution in [2.24, 2.45) is 0 Å². The Morgan fingerprint density at radius 1 is 1.11 bits per heavy atom. The summed E-state index contributed by atoms with van der Waals surface area (Å²) < 4.78 is 16.1. The topological polar surface area (TPSA) is 77.1 Å². The molecule has 1 saturated heterocycles. The number of nitrogens with one attached hydrogen (secondary N) is 1. The molecule has 142 valence electrons. The molecule has 28 heavy (non-hydrogen) atoms. The van der Waals surface area contributed by atoms with Gasteiger partial charge in [-0.15, -0.1) is 0 Å². The van der Waals surface area contributed by atoms with E-state index >= 15 is 0 Å². The zero-order valence-electron chi connectivity index (χ0n) is 15.0. The van der Waals surface area contributed by atoms with Gasteiger partial charge >= 0.3 is 6.09 Å². The quantitative estimate of drug-likeness (QED) is 0.826. The average Bonchev–Trinajstić information content (AvgIpc) is 3.17. The Morgan fingerprint density at radius 3 is 2.64 bits per heavy atom. The van der Waals surface area contributed by atoms with Crippen molar-refractivity contribution in [1.29, 1.82) is 0 Å². The van der Waals surface area contributed by atoms with E-state index in [0.717, 1.165) is 11.3 Å². The summed E-state index contributed by atoms with van der Waals surface area (Å²) in [6, 6.07) is 14.5. The predicted octanol–water partition coefficient (Wildman–Crippen LogP) is 1.95. The second kappa shape index (κ2) is 7.92. The monoisotopic (exact) mass is 378 g/mol. The number of anilines is 1. The van der Waals surface area contributed by atoms with E-state index in [4.69, 9.17) is 14.2 Å². The molecule has 4 rings (SSSR count). The van der Waals surface area contributed by atoms with Gasteiger partial charge in [0, 0.05) is 11.3 Å². The number of carbonyl (C=O) groups excluding carboxylic acids is 2. The minimum Gasteiger partial charge on any atom is -0.485 e. The molecule has 2 aliphatic heterocycles. The molecule has 2 aromatic rings. The Hall–Kier alpha value is -3.66. The fourth-order valence-electron chi connectivity index (χ4n) is 2.89. The molecule has 0 radical (unpaired) electrons. The van der Waals surface area contributed by atoms with Crippen LogP contribution in [0, 0.1) is 11.8 Å². The number of hydrogen-bond donors (Lipinski definition) is 1. The lowest BCUT2D eigenvalue weighted by atomic mass is 10.2. The highest BCUT2D eigenvalue weighted by Gasteiger charge is 2.26. The second-order valence-corrected chi connectivity index (χ2v) is 6.20. The SMILES string of the molecule is O=C(NCC#Cc1ccc(N2CCOC2=O)cc1)C1COc2ccccc2O1. The molecule has 2 heterocycles. The summed E-state index contributed by atoms with van der Waals surface area (Å²) >= 11 is 0. The van der Waals surface area contributed by atoms with Gasteiger partial charge in [0.25, 0.3) is 5.91 Å². The number of benzene rings is 2. The number of ether oxygens (including phenoxy) is 3. The van der Waals surface area contributed by atoms with Gasteiger partial charge in [-0.2, -0.15) is 0 Å². The summed E-state index contributed by atoms with van der Waals surface area (Å²) in [5, 5.41) is 2.73. The molecule has 7 heteroatoms. The molecule has 1 unspecified atom stereocenters. The first-order valence-corrected chi connectivity index (χ1v) is 8.90. The van der Waals surface area contributed by atoms with Gasteiger partial charge < -0.3 is 19.5 Å². The maximum atomic E-state index is 12.2. The molecule has 0 aromatic heterocycles. The number of rotatable bonds is 3. The Balaban J connectivity index is 1.28. The van der Waals surface area contributed by atoms with Crippen LogP contribution in [-0.4, -0.2) is 44.4 Å². The lowest BCUT2D eigenvalue weighted by Gasteiger charge is -2.25. The van der Waals surface area contributed by atoms with Crippen molar-refractivity contribution in [1.82, 2.24) is 5.32 Å². The maximum absolute atomic E-state index is 12.2. The van der Waals surface area contributed by atoms with E-state index in [1.807, 2.05) is 36.4 Å². The van der Waals surface area contributed by atoms with Gasteiger partial charge in [-0.3, -0.25) is 9.69 Å². The van der Waals surface area contributed by atoms with Crippen molar-refractivity contribution in [3.63, 3.8) is 0 Å². The first-order valence-electron chi connectivity index (χ1n) is 8.90. The molecule has 0 bridgehead atoms. The van der Waals surface area contributed by atoms with Gasteiger partial charge in [-0.25, -0.2) is 4.79 Å². The minimum absolute atomic E-state index is 0.163. The molecule has 0 aliphatic carbocycles. The fraction of sp³-hybridized carbons (Fsp3) is 0.238. The third-order valence-corrected chi connectivity index (χ3v) is 4.32. The van der Waals surface area contributed by atoms with Crippen LogP contribution in [0.5, 0.6) is 11.5 Å². The Bertz CT molecular complexity index is 945. The third kappa shape index (κ3) is 3.86. The molecule has 2 amide bonds. The minimum atomic E-state index is -0.698. The van der Waals surface area contributed by atoms with E-state index in [1.165, 1.54) is 0 Å². The first kappa shape index (κ1) is 17.7. The van der Waals surface area contributed by atoms with Crippen LogP contribution in [0.3, 0.4) is 0 Å². The normalized spacial score (nSPS) is 17.4. The molecule has 2 aliphatic rings. The van der Waals surface area contributed by atoms with Gasteiger partial charge in [0.05, 0.1) is 13.1 Å². The van der Waals surface area contributed by atoms with E-state index in [0.29, 0.717) is 24.7 Å². The third-order valence-electron chi connectivity index (χ3n) is 4.32. The number of amides is 2. The van der Waals surface area contributed by atoms with Gasteiger partial charge in [-0.05, 0) is 36.4 Å². The van der Waals surface area contributed by atoms with Gasteiger partial charge in [-0.1, -0.05) is 24.0 Å². The number of fused-ring (bicyclic) bond motifs is 1. The summed E-state index contributed by atoms with van der Waals surface area (Å²) in [7, 11) is 0. The van der Waals surface area contributed by atoms with E-state index in [9.17, 15) is 9.59 Å². The molecule has 2 aromatic carbocycles. The van der Waals surface area contributed by atoms with E-state index in [1.54, 1.807) is 17.0 Å². The summed E-state index contributed by atoms with van der Waals surface area (Å²) in [6.45, 7) is 1.31. The standard InChI is InChI=1S/C21H18N2O5/c24-20(19-14-27-17-5-1-2-6-18(17)28-19)22-11-3-4-15-7-9-16(10-8-15)23-12-13-26-21(23)25/h1-2,5-10,19H,11-14H2,(H,22,24). The Kier molecular flexibility index (Phi) is 5.02. The molecular formula is C21H18N2O5. The van der Waals surface area contributed by atoms with E-state index in [-0.39, 0.29) is 25.2 Å². The van der Waals surface area contributed by atoms with Crippen molar-refractivity contribution < 1.29 is 23.8 Å². The van der Waals surface area contributed by atoms with E-state index < -0.39 is 6.10 Å². The summed E-state index contributed by atoms with van der Waals surface area (Å²) in [4.78, 5) is 25.3. The zero-order chi connectivity index (χ0) is 19.3. The van der Waals surface area contributed by atoms with Crippen LogP contribution in [0.2, 0.25) is 0 Å². The van der Waals surface area contributed by atoms with Crippen LogP contribution in [0.4, 0.5) is 10.5 Å². The highest BCUT2D eigenvalue weighted by atomic mass is 16.6. The highest BCUT2D eigenvalue weighted by Crippen LogP contribution is 2.30. The van der Waals surface area contributed by atoms with Crippen LogP contribution in [0.15, 0.2) is 48.5 Å². The molecule has 7 nitrogen and oxygen atoms in total. The molecule has 1 fully saturated rings. The van der Waals surface area contributed by atoms with Crippen LogP contribution < -0.4 is 19.7 Å². The van der Waals surface area contributed by atoms with Crippen LogP contribution in [0.25, 0.3) is 0 Å². The van der Waals surface area contributed by atoms with Gasteiger partial charge in [0.1, 0.15) is 13.2 Å². The molecule has 0 saturated carbocycles. The second-order valence-electron chi connectivity index (χ2n) is 6.20. The number of hydrogen-bond acceptors (Lipinski definition) is 5. The smallest absolute Gasteiger partial charge is 0.414 e. The lowest BCUT2D eigenvalue weighted by Crippen LogP contribution is -2.44. The van der Waals surface area contributed by atoms with Crippen LogP contribution >= 0.6 is 0 Å². The molecular weight excluding hydrogens is 360 g/mol. The van der Waals surface area contributed by atoms with Gasteiger partial charge in [0.2, 0.25) is 6.10 Å². The van der Waals surface area contributed by atoms with E-state index in [2.05, 4.69) is 17.2 Å². The van der Waals surface area contributed by atoms with Gasteiger partial charge in [0.15, 0.2) is 11.5 Å². The summed E-state index contributed by atoms with van der Waals surface area (Å²) in [6.07, 6.45) is -1.03. The average molecular weight is 378 g/mol. The largest absolute Gasteiger partial charge is 0.485 e. The van der Waals surface area contributed by atoms with Crippen molar-refractivity contribution in [2.45, 2.75) is 6.10 Å². The molecule has 0 spiro atoms. The zero-order valence-corrected chi connectivity index (χ0v) is 15.0. The van der Waals surface area contributed by atoms with Crippen molar-refractivity contribution in [3.05, 3.63) is 54.1 Å². The number of para-hydroxylation sites is 2. The number of nitrogens with zero attached hydrogens (tertiary/aromatic N) is 1. The summed E-state index contributed by atoms with van der Waals surface area (Å²) in [5.41, 5.74) is 1.56.